The van der Waals surface area contributed by atoms with Gasteiger partial charge in [0.15, 0.2) is 0 Å². The summed E-state index contributed by atoms with van der Waals surface area (Å²) in [5.74, 6) is 0.535. The van der Waals surface area contributed by atoms with Gasteiger partial charge >= 0.3 is 6.03 Å². The summed E-state index contributed by atoms with van der Waals surface area (Å²) in [4.78, 5) is 29.4. The Hall–Kier alpha value is -4.05. The molecule has 3 rings (SSSR count). The third kappa shape index (κ3) is 7.25. The maximum Gasteiger partial charge on any atom is 0.322 e. The molecule has 170 valence electrons. The largest absolute Gasteiger partial charge is 0.467 e. The molecule has 0 aliphatic heterocycles. The second-order valence-corrected chi connectivity index (χ2v) is 7.67. The highest BCUT2D eigenvalue weighted by molar-refractivity contribution is 5.92. The van der Waals surface area contributed by atoms with E-state index >= 15 is 0 Å². The standard InChI is InChI=1S/C26H28N4O3/c1-2-14-30(26(32)28-23-11-6-10-22(17-23)18-27)20-25(31)29(19-24-12-7-16-33-24)15-13-21-8-4-3-5-9-21/h3-12,16-17H,2,13-15,19-20H2,1H3,(H,28,32). The fourth-order valence-electron chi connectivity index (χ4n) is 3.45. The summed E-state index contributed by atoms with van der Waals surface area (Å²) in [6, 6.07) is 22.0. The molecule has 0 fully saturated rings. The first-order valence-electron chi connectivity index (χ1n) is 11.0. The van der Waals surface area contributed by atoms with Gasteiger partial charge in [0.05, 0.1) is 24.4 Å². The van der Waals surface area contributed by atoms with E-state index in [1.54, 1.807) is 41.5 Å². The van der Waals surface area contributed by atoms with E-state index in [1.807, 2.05) is 43.3 Å². The smallest absolute Gasteiger partial charge is 0.322 e. The number of nitrogens with zero attached hydrogens (tertiary/aromatic N) is 3. The van der Waals surface area contributed by atoms with Crippen LogP contribution in [0, 0.1) is 11.3 Å². The highest BCUT2D eigenvalue weighted by Crippen LogP contribution is 2.13. The average Bonchev–Trinajstić information content (AvgIpc) is 3.35. The molecular weight excluding hydrogens is 416 g/mol. The van der Waals surface area contributed by atoms with Gasteiger partial charge in [-0.15, -0.1) is 0 Å². The van der Waals surface area contributed by atoms with Gasteiger partial charge in [0, 0.05) is 18.8 Å². The first kappa shape index (κ1) is 23.6. The lowest BCUT2D eigenvalue weighted by Gasteiger charge is -2.27. The van der Waals surface area contributed by atoms with Crippen LogP contribution in [0.4, 0.5) is 10.5 Å². The van der Waals surface area contributed by atoms with Crippen molar-refractivity contribution in [2.24, 2.45) is 0 Å². The van der Waals surface area contributed by atoms with Crippen molar-refractivity contribution in [2.45, 2.75) is 26.3 Å². The van der Waals surface area contributed by atoms with Gasteiger partial charge in [-0.1, -0.05) is 43.3 Å². The summed E-state index contributed by atoms with van der Waals surface area (Å²) in [7, 11) is 0. The number of benzene rings is 2. The average molecular weight is 445 g/mol. The van der Waals surface area contributed by atoms with Crippen LogP contribution in [-0.2, 0) is 17.8 Å². The van der Waals surface area contributed by atoms with Gasteiger partial charge in [-0.2, -0.15) is 5.26 Å². The van der Waals surface area contributed by atoms with Gasteiger partial charge in [-0.25, -0.2) is 4.79 Å². The lowest BCUT2D eigenvalue weighted by atomic mass is 10.1. The number of rotatable bonds is 10. The molecule has 1 aromatic heterocycles. The summed E-state index contributed by atoms with van der Waals surface area (Å²) in [5.41, 5.74) is 2.11. The van der Waals surface area contributed by atoms with Crippen molar-refractivity contribution in [1.29, 1.82) is 5.26 Å². The summed E-state index contributed by atoms with van der Waals surface area (Å²) in [6.45, 7) is 3.19. The Labute approximate surface area is 194 Å². The van der Waals surface area contributed by atoms with Crippen LogP contribution < -0.4 is 5.32 Å². The Morgan fingerprint density at radius 3 is 2.52 bits per heavy atom. The molecule has 7 heteroatoms. The number of carbonyl (C=O) groups excluding carboxylic acids is 2. The summed E-state index contributed by atoms with van der Waals surface area (Å²) in [6.07, 6.45) is 3.00. The molecular formula is C26H28N4O3. The lowest BCUT2D eigenvalue weighted by molar-refractivity contribution is -0.132. The number of nitriles is 1. The van der Waals surface area contributed by atoms with E-state index in [4.69, 9.17) is 9.68 Å². The van der Waals surface area contributed by atoms with Gasteiger partial charge in [-0.3, -0.25) is 4.79 Å². The molecule has 3 amide bonds. The summed E-state index contributed by atoms with van der Waals surface area (Å²) in [5, 5.41) is 11.9. The van der Waals surface area contributed by atoms with Crippen LogP contribution in [0.25, 0.3) is 0 Å². The van der Waals surface area contributed by atoms with Gasteiger partial charge in [0.2, 0.25) is 5.91 Å². The van der Waals surface area contributed by atoms with Gasteiger partial charge in [0.1, 0.15) is 12.3 Å². The fourth-order valence-corrected chi connectivity index (χ4v) is 3.45. The van der Waals surface area contributed by atoms with Crippen LogP contribution >= 0.6 is 0 Å². The molecule has 0 radical (unpaired) electrons. The monoisotopic (exact) mass is 444 g/mol. The number of nitrogens with one attached hydrogen (secondary N) is 1. The number of carbonyl (C=O) groups is 2. The van der Waals surface area contributed by atoms with Crippen LogP contribution in [0.2, 0.25) is 0 Å². The third-order valence-corrected chi connectivity index (χ3v) is 5.14. The Bertz CT molecular complexity index is 1070. The molecule has 0 bridgehead atoms. The third-order valence-electron chi connectivity index (χ3n) is 5.14. The Morgan fingerprint density at radius 2 is 1.82 bits per heavy atom. The SMILES string of the molecule is CCCN(CC(=O)N(CCc1ccccc1)Cc1ccco1)C(=O)Nc1cccc(C#N)c1. The Balaban J connectivity index is 1.69. The highest BCUT2D eigenvalue weighted by Gasteiger charge is 2.22. The molecule has 0 saturated carbocycles. The van der Waals surface area contributed by atoms with E-state index in [2.05, 4.69) is 11.4 Å². The van der Waals surface area contributed by atoms with E-state index in [1.165, 1.54) is 4.90 Å². The number of amides is 3. The van der Waals surface area contributed by atoms with Gasteiger partial charge in [-0.05, 0) is 48.7 Å². The normalized spacial score (nSPS) is 10.3. The molecule has 7 nitrogen and oxygen atoms in total. The van der Waals surface area contributed by atoms with E-state index < -0.39 is 0 Å². The minimum absolute atomic E-state index is 0.0485. The highest BCUT2D eigenvalue weighted by atomic mass is 16.3. The zero-order valence-electron chi connectivity index (χ0n) is 18.7. The zero-order valence-corrected chi connectivity index (χ0v) is 18.7. The van der Waals surface area contributed by atoms with Crippen LogP contribution in [0.5, 0.6) is 0 Å². The molecule has 2 aromatic carbocycles. The number of furan rings is 1. The van der Waals surface area contributed by atoms with E-state index in [-0.39, 0.29) is 18.5 Å². The molecule has 1 heterocycles. The predicted octanol–water partition coefficient (Wildman–Crippen LogP) is 4.67. The number of hydrogen-bond donors (Lipinski definition) is 1. The Kier molecular flexibility index (Phi) is 8.66. The molecule has 0 aliphatic rings. The zero-order chi connectivity index (χ0) is 23.5. The minimum Gasteiger partial charge on any atom is -0.467 e. The molecule has 0 spiro atoms. The second-order valence-electron chi connectivity index (χ2n) is 7.67. The molecule has 3 aromatic rings. The topological polar surface area (TPSA) is 89.6 Å². The maximum atomic E-state index is 13.3. The maximum absolute atomic E-state index is 13.3. The quantitative estimate of drug-likeness (QED) is 0.492. The van der Waals surface area contributed by atoms with E-state index in [9.17, 15) is 9.59 Å². The van der Waals surface area contributed by atoms with Crippen molar-refractivity contribution in [2.75, 3.05) is 25.0 Å². The molecule has 0 aliphatic carbocycles. The van der Waals surface area contributed by atoms with Crippen molar-refractivity contribution in [3.05, 3.63) is 89.9 Å². The van der Waals surface area contributed by atoms with Crippen molar-refractivity contribution in [1.82, 2.24) is 9.80 Å². The van der Waals surface area contributed by atoms with Crippen molar-refractivity contribution >= 4 is 17.6 Å². The fraction of sp³-hybridized carbons (Fsp3) is 0.269. The Morgan fingerprint density at radius 1 is 1.00 bits per heavy atom. The predicted molar refractivity (Wildman–Crippen MR) is 126 cm³/mol. The molecule has 0 saturated heterocycles. The lowest BCUT2D eigenvalue weighted by Crippen LogP contribution is -2.45. The molecule has 33 heavy (non-hydrogen) atoms. The van der Waals surface area contributed by atoms with Crippen LogP contribution in [-0.4, -0.2) is 41.4 Å². The van der Waals surface area contributed by atoms with Gasteiger partial charge in [0.25, 0.3) is 0 Å². The van der Waals surface area contributed by atoms with Gasteiger partial charge < -0.3 is 19.5 Å². The summed E-state index contributed by atoms with van der Waals surface area (Å²) >= 11 is 0. The first-order chi connectivity index (χ1) is 16.1. The van der Waals surface area contributed by atoms with Crippen LogP contribution in [0.3, 0.4) is 0 Å². The van der Waals surface area contributed by atoms with Crippen molar-refractivity contribution in [3.63, 3.8) is 0 Å². The molecule has 0 unspecified atom stereocenters. The summed E-state index contributed by atoms with van der Waals surface area (Å²) < 4.78 is 5.45. The van der Waals surface area contributed by atoms with Crippen LogP contribution in [0.15, 0.2) is 77.4 Å². The van der Waals surface area contributed by atoms with Crippen LogP contribution in [0.1, 0.15) is 30.2 Å². The number of hydrogen-bond acceptors (Lipinski definition) is 4. The molecule has 1 N–H and O–H groups in total. The second kappa shape index (κ2) is 12.1. The van der Waals surface area contributed by atoms with E-state index in [0.717, 1.165) is 5.56 Å². The van der Waals surface area contributed by atoms with Crippen molar-refractivity contribution in [3.8, 4) is 6.07 Å². The molecule has 0 atom stereocenters. The van der Waals surface area contributed by atoms with E-state index in [0.29, 0.717) is 49.5 Å². The first-order valence-corrected chi connectivity index (χ1v) is 11.0. The minimum atomic E-state index is -0.374. The number of anilines is 1. The van der Waals surface area contributed by atoms with Crippen molar-refractivity contribution < 1.29 is 14.0 Å². The number of urea groups is 1.